The van der Waals surface area contributed by atoms with E-state index in [0.29, 0.717) is 0 Å². The molecule has 1 aromatic heterocycles. The zero-order chi connectivity index (χ0) is 8.48. The van der Waals surface area contributed by atoms with Crippen LogP contribution in [0.25, 0.3) is 0 Å². The Morgan fingerprint density at radius 3 is 2.64 bits per heavy atom. The van der Waals surface area contributed by atoms with Crippen LogP contribution in [0.2, 0.25) is 0 Å². The van der Waals surface area contributed by atoms with Gasteiger partial charge in [0, 0.05) is 0 Å². The van der Waals surface area contributed by atoms with E-state index in [4.69, 9.17) is 5.14 Å². The smallest absolute Gasteiger partial charge is 0.216 e. The van der Waals surface area contributed by atoms with Gasteiger partial charge in [0.05, 0.1) is 7.05 Å². The van der Waals surface area contributed by atoms with Crippen molar-refractivity contribution in [1.29, 1.82) is 0 Å². The average molecular weight is 177 g/mol. The molecule has 8 heteroatoms. The minimum atomic E-state index is -3.54. The van der Waals surface area contributed by atoms with Crippen LogP contribution in [-0.4, -0.2) is 28.6 Å². The molecule has 0 unspecified atom stereocenters. The lowest BCUT2D eigenvalue weighted by Gasteiger charge is -1.88. The second kappa shape index (κ2) is 2.55. The summed E-state index contributed by atoms with van der Waals surface area (Å²) in [4.78, 5) is 1.17. The summed E-state index contributed by atoms with van der Waals surface area (Å²) < 4.78 is 20.9. The van der Waals surface area contributed by atoms with Crippen LogP contribution >= 0.6 is 0 Å². The summed E-state index contributed by atoms with van der Waals surface area (Å²) in [5, 5.41) is 15.2. The highest BCUT2D eigenvalue weighted by Crippen LogP contribution is 1.91. The highest BCUT2D eigenvalue weighted by atomic mass is 32.2. The summed E-state index contributed by atoms with van der Waals surface area (Å²) in [7, 11) is -2.00. The van der Waals surface area contributed by atoms with Gasteiger partial charge in [0.25, 0.3) is 0 Å². The van der Waals surface area contributed by atoms with Crippen molar-refractivity contribution in [3.63, 3.8) is 0 Å². The zero-order valence-corrected chi connectivity index (χ0v) is 6.61. The molecule has 7 nitrogen and oxygen atoms in total. The normalized spacial score (nSPS) is 11.8. The zero-order valence-electron chi connectivity index (χ0n) is 5.80. The molecule has 1 rings (SSSR count). The number of nitrogens with two attached hydrogens (primary N) is 1. The number of aromatic nitrogens is 4. The quantitative estimate of drug-likeness (QED) is 0.562. The van der Waals surface area contributed by atoms with Gasteiger partial charge in [-0.2, -0.15) is 4.80 Å². The van der Waals surface area contributed by atoms with Crippen LogP contribution in [0.15, 0.2) is 0 Å². The van der Waals surface area contributed by atoms with E-state index < -0.39 is 10.0 Å². The molecule has 0 bridgehead atoms. The van der Waals surface area contributed by atoms with Crippen LogP contribution in [0.1, 0.15) is 5.82 Å². The SMILES string of the molecule is Cn1nnc(CS(N)(=O)=O)n1. The fraction of sp³-hybridized carbons (Fsp3) is 0.667. The Labute approximate surface area is 63.2 Å². The molecule has 0 aliphatic carbocycles. The molecule has 0 saturated heterocycles. The van der Waals surface area contributed by atoms with Crippen molar-refractivity contribution < 1.29 is 8.42 Å². The molecule has 11 heavy (non-hydrogen) atoms. The third-order valence-corrected chi connectivity index (χ3v) is 1.54. The van der Waals surface area contributed by atoms with E-state index in [-0.39, 0.29) is 11.6 Å². The average Bonchev–Trinajstić information content (AvgIpc) is 2.10. The van der Waals surface area contributed by atoms with Crippen LogP contribution in [0.5, 0.6) is 0 Å². The largest absolute Gasteiger partial charge is 0.228 e. The van der Waals surface area contributed by atoms with E-state index in [1.165, 1.54) is 4.80 Å². The van der Waals surface area contributed by atoms with E-state index in [9.17, 15) is 8.42 Å². The lowest BCUT2D eigenvalue weighted by Crippen LogP contribution is -2.15. The first kappa shape index (κ1) is 8.08. The van der Waals surface area contributed by atoms with Crippen LogP contribution < -0.4 is 5.14 Å². The molecule has 0 atom stereocenters. The highest BCUT2D eigenvalue weighted by Gasteiger charge is 2.08. The van der Waals surface area contributed by atoms with Crippen molar-refractivity contribution in [2.24, 2.45) is 12.2 Å². The van der Waals surface area contributed by atoms with Gasteiger partial charge in [-0.05, 0) is 5.21 Å². The van der Waals surface area contributed by atoms with Crippen molar-refractivity contribution >= 4 is 10.0 Å². The summed E-state index contributed by atoms with van der Waals surface area (Å²) in [5.41, 5.74) is 0. The number of nitrogens with zero attached hydrogens (tertiary/aromatic N) is 4. The van der Waals surface area contributed by atoms with E-state index in [1.807, 2.05) is 0 Å². The van der Waals surface area contributed by atoms with Crippen LogP contribution in [0, 0.1) is 0 Å². The maximum absolute atomic E-state index is 10.5. The van der Waals surface area contributed by atoms with Gasteiger partial charge in [0.2, 0.25) is 10.0 Å². The second-order valence-electron chi connectivity index (χ2n) is 2.00. The lowest BCUT2D eigenvalue weighted by molar-refractivity contribution is 0.595. The Kier molecular flexibility index (Phi) is 1.87. The molecule has 0 aliphatic heterocycles. The fourth-order valence-electron chi connectivity index (χ4n) is 0.561. The first-order chi connectivity index (χ1) is 4.97. The number of tetrazole rings is 1. The third-order valence-electron chi connectivity index (χ3n) is 0.880. The molecule has 0 amide bonds. The Morgan fingerprint density at radius 1 is 1.64 bits per heavy atom. The van der Waals surface area contributed by atoms with Gasteiger partial charge in [0.1, 0.15) is 5.75 Å². The van der Waals surface area contributed by atoms with Crippen LogP contribution in [0.3, 0.4) is 0 Å². The van der Waals surface area contributed by atoms with Gasteiger partial charge < -0.3 is 0 Å². The molecule has 62 valence electrons. The number of aryl methyl sites for hydroxylation is 1. The molecule has 0 fully saturated rings. The van der Waals surface area contributed by atoms with Gasteiger partial charge in [-0.1, -0.05) is 0 Å². The predicted octanol–water partition coefficient (Wildman–Crippen LogP) is -2.00. The number of hydrogen-bond donors (Lipinski definition) is 1. The summed E-state index contributed by atoms with van der Waals surface area (Å²) in [5.74, 6) is -0.268. The van der Waals surface area contributed by atoms with E-state index in [1.54, 1.807) is 7.05 Å². The molecule has 1 aromatic rings. The molecule has 0 spiro atoms. The van der Waals surface area contributed by atoms with Gasteiger partial charge in [-0.15, -0.1) is 10.2 Å². The molecule has 0 aromatic carbocycles. The predicted molar refractivity (Wildman–Crippen MR) is 35.6 cm³/mol. The first-order valence-corrected chi connectivity index (χ1v) is 4.42. The van der Waals surface area contributed by atoms with Crippen molar-refractivity contribution in [1.82, 2.24) is 20.2 Å². The highest BCUT2D eigenvalue weighted by molar-refractivity contribution is 7.88. The minimum Gasteiger partial charge on any atom is -0.228 e. The fourth-order valence-corrected chi connectivity index (χ4v) is 1.04. The topological polar surface area (TPSA) is 104 Å². The number of sulfonamides is 1. The van der Waals surface area contributed by atoms with E-state index in [2.05, 4.69) is 15.4 Å². The molecule has 0 aliphatic rings. The standard InChI is InChI=1S/C3H7N5O2S/c1-8-6-3(5-7-8)2-11(4,9)10/h2H2,1H3,(H2,4,9,10). The number of primary sulfonamides is 1. The Bertz CT molecular complexity index is 340. The Balaban J connectivity index is 2.81. The lowest BCUT2D eigenvalue weighted by atomic mass is 10.8. The van der Waals surface area contributed by atoms with Crippen molar-refractivity contribution in [2.75, 3.05) is 0 Å². The molecular formula is C3H7N5O2S. The second-order valence-corrected chi connectivity index (χ2v) is 3.62. The summed E-state index contributed by atoms with van der Waals surface area (Å²) in [6, 6.07) is 0. The van der Waals surface area contributed by atoms with Gasteiger partial charge >= 0.3 is 0 Å². The monoisotopic (exact) mass is 177 g/mol. The maximum Gasteiger partial charge on any atom is 0.216 e. The molecule has 0 saturated carbocycles. The van der Waals surface area contributed by atoms with Crippen LogP contribution in [-0.2, 0) is 22.8 Å². The summed E-state index contributed by atoms with van der Waals surface area (Å²) in [6.07, 6.45) is 0. The Hall–Kier alpha value is -1.02. The van der Waals surface area contributed by atoms with Gasteiger partial charge in [-0.25, -0.2) is 13.6 Å². The number of hydrogen-bond acceptors (Lipinski definition) is 5. The molecule has 1 heterocycles. The van der Waals surface area contributed by atoms with Crippen molar-refractivity contribution in [3.05, 3.63) is 5.82 Å². The first-order valence-electron chi connectivity index (χ1n) is 2.71. The molecule has 0 radical (unpaired) electrons. The Morgan fingerprint density at radius 2 is 2.27 bits per heavy atom. The third kappa shape index (κ3) is 2.60. The maximum atomic E-state index is 10.5. The van der Waals surface area contributed by atoms with Gasteiger partial charge in [0.15, 0.2) is 5.82 Å². The van der Waals surface area contributed by atoms with E-state index >= 15 is 0 Å². The van der Waals surface area contributed by atoms with E-state index in [0.717, 1.165) is 0 Å². The van der Waals surface area contributed by atoms with Gasteiger partial charge in [-0.3, -0.25) is 0 Å². The van der Waals surface area contributed by atoms with Crippen molar-refractivity contribution in [2.45, 2.75) is 5.75 Å². The summed E-state index contributed by atoms with van der Waals surface area (Å²) in [6.45, 7) is 0. The van der Waals surface area contributed by atoms with Crippen molar-refractivity contribution in [3.8, 4) is 0 Å². The van der Waals surface area contributed by atoms with Crippen LogP contribution in [0.4, 0.5) is 0 Å². The molecule has 2 N–H and O–H groups in total. The number of rotatable bonds is 2. The summed E-state index contributed by atoms with van der Waals surface area (Å²) >= 11 is 0. The minimum absolute atomic E-state index is 0.106. The molecular weight excluding hydrogens is 170 g/mol.